The summed E-state index contributed by atoms with van der Waals surface area (Å²) in [4.78, 5) is 12.1. The lowest BCUT2D eigenvalue weighted by atomic mass is 9.88. The molecule has 0 aromatic heterocycles. The third-order valence-corrected chi connectivity index (χ3v) is 3.65. The third-order valence-electron chi connectivity index (χ3n) is 3.65. The minimum Gasteiger partial charge on any atom is -0.423 e. The molecule has 0 aliphatic carbocycles. The van der Waals surface area contributed by atoms with Gasteiger partial charge in [-0.3, -0.25) is 0 Å². The van der Waals surface area contributed by atoms with Crippen molar-refractivity contribution in [1.82, 2.24) is 0 Å². The lowest BCUT2D eigenvalue weighted by molar-refractivity contribution is -0.133. The van der Waals surface area contributed by atoms with Crippen molar-refractivity contribution in [1.29, 1.82) is 0 Å². The topological polar surface area (TPSA) is 26.3 Å². The van der Waals surface area contributed by atoms with Crippen LogP contribution >= 0.6 is 0 Å². The summed E-state index contributed by atoms with van der Waals surface area (Å²) >= 11 is 0. The molecule has 2 heteroatoms. The summed E-state index contributed by atoms with van der Waals surface area (Å²) in [5.41, 5.74) is 3.61. The van der Waals surface area contributed by atoms with Gasteiger partial charge < -0.3 is 4.74 Å². The normalized spacial score (nSPS) is 18.1. The van der Waals surface area contributed by atoms with E-state index in [9.17, 15) is 4.79 Å². The number of rotatable bonds is 2. The Kier molecular flexibility index (Phi) is 3.44. The minimum absolute atomic E-state index is 0.137. The molecule has 2 nitrogen and oxygen atoms in total. The molecule has 21 heavy (non-hydrogen) atoms. The second-order valence-electron chi connectivity index (χ2n) is 5.20. The number of hydrogen-bond donors (Lipinski definition) is 0. The van der Waals surface area contributed by atoms with Crippen molar-refractivity contribution in [2.24, 2.45) is 0 Å². The zero-order valence-corrected chi connectivity index (χ0v) is 11.9. The van der Waals surface area contributed by atoms with Crippen LogP contribution in [0.25, 0.3) is 5.76 Å². The van der Waals surface area contributed by atoms with Crippen LogP contribution in [0.3, 0.4) is 0 Å². The van der Waals surface area contributed by atoms with E-state index < -0.39 is 0 Å². The van der Waals surface area contributed by atoms with Crippen LogP contribution in [0.2, 0.25) is 0 Å². The van der Waals surface area contributed by atoms with E-state index in [4.69, 9.17) is 4.74 Å². The molecule has 2 aromatic rings. The van der Waals surface area contributed by atoms with Gasteiger partial charge in [0.05, 0.1) is 0 Å². The second kappa shape index (κ2) is 5.41. The van der Waals surface area contributed by atoms with Crippen molar-refractivity contribution in [2.75, 3.05) is 0 Å². The van der Waals surface area contributed by atoms with E-state index in [-0.39, 0.29) is 11.9 Å². The zero-order chi connectivity index (χ0) is 14.8. The van der Waals surface area contributed by atoms with E-state index in [0.29, 0.717) is 11.3 Å². The SMILES string of the molecule is C=C1C(=O)OC(c2ccccc2)=CC1c1ccc(C)cc1. The van der Waals surface area contributed by atoms with Crippen molar-refractivity contribution in [3.8, 4) is 0 Å². The third kappa shape index (κ3) is 2.65. The molecule has 0 bridgehead atoms. The maximum atomic E-state index is 12.1. The van der Waals surface area contributed by atoms with E-state index in [1.54, 1.807) is 0 Å². The molecule has 0 fully saturated rings. The molecule has 3 rings (SSSR count). The highest BCUT2D eigenvalue weighted by Crippen LogP contribution is 2.35. The summed E-state index contributed by atoms with van der Waals surface area (Å²) in [6.45, 7) is 5.93. The quantitative estimate of drug-likeness (QED) is 0.606. The summed E-state index contributed by atoms with van der Waals surface area (Å²) in [5, 5.41) is 0. The molecule has 1 atom stereocenters. The van der Waals surface area contributed by atoms with E-state index in [1.165, 1.54) is 5.56 Å². The molecule has 104 valence electrons. The van der Waals surface area contributed by atoms with Gasteiger partial charge in [0.25, 0.3) is 0 Å². The van der Waals surface area contributed by atoms with E-state index in [0.717, 1.165) is 11.1 Å². The first kappa shape index (κ1) is 13.4. The highest BCUT2D eigenvalue weighted by Gasteiger charge is 2.27. The Morgan fingerprint density at radius 2 is 1.67 bits per heavy atom. The Bertz CT molecular complexity index is 709. The predicted octanol–water partition coefficient (Wildman–Crippen LogP) is 4.23. The van der Waals surface area contributed by atoms with Crippen molar-refractivity contribution in [3.63, 3.8) is 0 Å². The number of carbonyl (C=O) groups excluding carboxylic acids is 1. The predicted molar refractivity (Wildman–Crippen MR) is 83.6 cm³/mol. The van der Waals surface area contributed by atoms with Gasteiger partial charge >= 0.3 is 5.97 Å². The van der Waals surface area contributed by atoms with Crippen molar-refractivity contribution < 1.29 is 9.53 Å². The largest absolute Gasteiger partial charge is 0.423 e. The van der Waals surface area contributed by atoms with Gasteiger partial charge in [0.2, 0.25) is 0 Å². The lowest BCUT2D eigenvalue weighted by Gasteiger charge is -2.23. The molecule has 2 aromatic carbocycles. The zero-order valence-electron chi connectivity index (χ0n) is 11.9. The highest BCUT2D eigenvalue weighted by atomic mass is 16.5. The fourth-order valence-corrected chi connectivity index (χ4v) is 2.41. The molecule has 0 saturated carbocycles. The smallest absolute Gasteiger partial charge is 0.339 e. The average Bonchev–Trinajstić information content (AvgIpc) is 2.52. The van der Waals surface area contributed by atoms with E-state index in [2.05, 4.69) is 6.58 Å². The Hall–Kier alpha value is -2.61. The average molecular weight is 276 g/mol. The van der Waals surface area contributed by atoms with Crippen LogP contribution in [0.1, 0.15) is 22.6 Å². The van der Waals surface area contributed by atoms with Gasteiger partial charge in [-0.05, 0) is 18.6 Å². The standard InChI is InChI=1S/C19H16O2/c1-13-8-10-15(11-9-13)17-12-18(21-19(20)14(17)2)16-6-4-3-5-7-16/h3-12,17H,2H2,1H3. The second-order valence-corrected chi connectivity index (χ2v) is 5.20. The van der Waals surface area contributed by atoms with E-state index >= 15 is 0 Å². The Balaban J connectivity index is 2.03. The van der Waals surface area contributed by atoms with Crippen molar-refractivity contribution in [3.05, 3.63) is 89.5 Å². The van der Waals surface area contributed by atoms with Crippen LogP contribution < -0.4 is 0 Å². The Morgan fingerprint density at radius 3 is 2.33 bits per heavy atom. The van der Waals surface area contributed by atoms with Gasteiger partial charge in [-0.2, -0.15) is 0 Å². The van der Waals surface area contributed by atoms with Crippen LogP contribution in [-0.2, 0) is 9.53 Å². The van der Waals surface area contributed by atoms with Crippen LogP contribution in [0, 0.1) is 6.92 Å². The summed E-state index contributed by atoms with van der Waals surface area (Å²) in [6, 6.07) is 17.8. The molecule has 0 radical (unpaired) electrons. The molecule has 1 aliphatic rings. The summed E-state index contributed by atoms with van der Waals surface area (Å²) < 4.78 is 5.38. The Labute approximate surface area is 124 Å². The van der Waals surface area contributed by atoms with Gasteiger partial charge in [-0.15, -0.1) is 0 Å². The molecule has 1 aliphatic heterocycles. The molecular formula is C19H16O2. The van der Waals surface area contributed by atoms with Crippen molar-refractivity contribution in [2.45, 2.75) is 12.8 Å². The number of esters is 1. The molecule has 0 N–H and O–H groups in total. The molecule has 0 saturated heterocycles. The van der Waals surface area contributed by atoms with Gasteiger partial charge in [0.1, 0.15) is 5.76 Å². The van der Waals surface area contributed by atoms with Crippen LogP contribution in [-0.4, -0.2) is 5.97 Å². The fraction of sp³-hybridized carbons (Fsp3) is 0.105. The summed E-state index contributed by atoms with van der Waals surface area (Å²) in [6.07, 6.45) is 1.96. The maximum absolute atomic E-state index is 12.1. The summed E-state index contributed by atoms with van der Waals surface area (Å²) in [7, 11) is 0. The fourth-order valence-electron chi connectivity index (χ4n) is 2.41. The molecule has 1 heterocycles. The molecule has 1 unspecified atom stereocenters. The van der Waals surface area contributed by atoms with Gasteiger partial charge in [-0.1, -0.05) is 66.7 Å². The first-order valence-corrected chi connectivity index (χ1v) is 6.90. The van der Waals surface area contributed by atoms with Gasteiger partial charge in [0, 0.05) is 17.1 Å². The number of ether oxygens (including phenoxy) is 1. The Morgan fingerprint density at radius 1 is 1.00 bits per heavy atom. The number of carbonyl (C=O) groups is 1. The summed E-state index contributed by atoms with van der Waals surface area (Å²) in [5.74, 6) is 0.0996. The highest BCUT2D eigenvalue weighted by molar-refractivity contribution is 5.96. The minimum atomic E-state index is -0.359. The number of benzene rings is 2. The number of aryl methyl sites for hydroxylation is 1. The molecule has 0 amide bonds. The monoisotopic (exact) mass is 276 g/mol. The molecule has 0 spiro atoms. The lowest BCUT2D eigenvalue weighted by Crippen LogP contribution is -2.18. The number of allylic oxidation sites excluding steroid dienone is 1. The number of cyclic esters (lactones) is 1. The molecular weight excluding hydrogens is 260 g/mol. The van der Waals surface area contributed by atoms with Gasteiger partial charge in [-0.25, -0.2) is 4.79 Å². The first-order valence-electron chi connectivity index (χ1n) is 6.90. The first-order chi connectivity index (χ1) is 10.1. The van der Waals surface area contributed by atoms with Crippen LogP contribution in [0.15, 0.2) is 72.8 Å². The number of hydrogen-bond acceptors (Lipinski definition) is 2. The van der Waals surface area contributed by atoms with Gasteiger partial charge in [0.15, 0.2) is 0 Å². The van der Waals surface area contributed by atoms with Crippen LogP contribution in [0.4, 0.5) is 0 Å². The van der Waals surface area contributed by atoms with Crippen molar-refractivity contribution >= 4 is 11.7 Å². The van der Waals surface area contributed by atoms with E-state index in [1.807, 2.05) is 67.6 Å². The maximum Gasteiger partial charge on any atom is 0.339 e. The van der Waals surface area contributed by atoms with Crippen LogP contribution in [0.5, 0.6) is 0 Å².